The molecule has 10 nitrogen and oxygen atoms in total. The minimum absolute atomic E-state index is 0.0380. The number of hydrogen-bond donors (Lipinski definition) is 2. The number of rotatable bonds is 10. The monoisotopic (exact) mass is 573 g/mol. The number of halogens is 3. The van der Waals surface area contributed by atoms with E-state index in [4.69, 9.17) is 0 Å². The maximum absolute atomic E-state index is 13.7. The molecule has 0 spiro atoms. The molecular formula is C25H38F3N7O3S. The zero-order chi connectivity index (χ0) is 28.3. The van der Waals surface area contributed by atoms with E-state index < -0.39 is 27.4 Å². The molecule has 0 aromatic carbocycles. The summed E-state index contributed by atoms with van der Waals surface area (Å²) in [5.41, 5.74) is -2.23. The van der Waals surface area contributed by atoms with Gasteiger partial charge in [0.25, 0.3) is 0 Å². The first-order chi connectivity index (χ1) is 18.3. The van der Waals surface area contributed by atoms with Crippen molar-refractivity contribution in [1.82, 2.24) is 29.0 Å². The number of sulfonamides is 1. The highest BCUT2D eigenvalue weighted by atomic mass is 32.2. The summed E-state index contributed by atoms with van der Waals surface area (Å²) in [6.45, 7) is 6.79. The highest BCUT2D eigenvalue weighted by Crippen LogP contribution is 2.36. The molecule has 2 fully saturated rings. The van der Waals surface area contributed by atoms with E-state index in [1.807, 2.05) is 0 Å². The molecule has 0 amide bonds. The third-order valence-corrected chi connectivity index (χ3v) is 9.01. The lowest BCUT2D eigenvalue weighted by Gasteiger charge is -2.32. The molecule has 2 aliphatic heterocycles. The Kier molecular flexibility index (Phi) is 9.19. The van der Waals surface area contributed by atoms with Crippen molar-refractivity contribution in [2.75, 3.05) is 43.8 Å². The molecule has 0 aliphatic carbocycles. The standard InChI is InChI=1S/C25H38F3N7O3S/c1-24(2,36)18-34-17-19(15-30-34)22-21(25(26,27)28)16-29-23(32-22)31-20-7-12-35(13-8-20)39(37,38)14-6-11-33-9-4-3-5-10-33/h15-17,20,36H,3-14,18H2,1-2H3,(H,29,31,32). The van der Waals surface area contributed by atoms with Crippen LogP contribution in [0.5, 0.6) is 0 Å². The molecule has 218 valence electrons. The largest absolute Gasteiger partial charge is 0.419 e. The van der Waals surface area contributed by atoms with Gasteiger partial charge in [-0.25, -0.2) is 22.7 Å². The summed E-state index contributed by atoms with van der Waals surface area (Å²) in [4.78, 5) is 10.4. The lowest BCUT2D eigenvalue weighted by Crippen LogP contribution is -2.43. The van der Waals surface area contributed by atoms with E-state index in [-0.39, 0.29) is 35.5 Å². The third-order valence-electron chi connectivity index (χ3n) is 7.06. The summed E-state index contributed by atoms with van der Waals surface area (Å²) < 4.78 is 69.7. The van der Waals surface area contributed by atoms with Gasteiger partial charge in [-0.1, -0.05) is 6.42 Å². The van der Waals surface area contributed by atoms with Gasteiger partial charge in [-0.3, -0.25) is 4.68 Å². The maximum atomic E-state index is 13.7. The number of nitrogens with one attached hydrogen (secondary N) is 1. The van der Waals surface area contributed by atoms with Crippen LogP contribution >= 0.6 is 0 Å². The Hall–Kier alpha value is -2.29. The highest BCUT2D eigenvalue weighted by Gasteiger charge is 2.36. The molecule has 2 saturated heterocycles. The van der Waals surface area contributed by atoms with Crippen molar-refractivity contribution in [2.45, 2.75) is 76.7 Å². The van der Waals surface area contributed by atoms with Crippen LogP contribution in [0.1, 0.15) is 57.9 Å². The highest BCUT2D eigenvalue weighted by molar-refractivity contribution is 7.89. The molecule has 2 aromatic rings. The van der Waals surface area contributed by atoms with E-state index >= 15 is 0 Å². The summed E-state index contributed by atoms with van der Waals surface area (Å²) in [7, 11) is -3.36. The van der Waals surface area contributed by atoms with Crippen LogP contribution in [0.2, 0.25) is 0 Å². The molecule has 4 rings (SSSR count). The van der Waals surface area contributed by atoms with Crippen molar-refractivity contribution in [3.8, 4) is 11.3 Å². The van der Waals surface area contributed by atoms with E-state index in [1.165, 1.54) is 40.6 Å². The number of piperidine rings is 2. The van der Waals surface area contributed by atoms with Crippen molar-refractivity contribution >= 4 is 16.0 Å². The van der Waals surface area contributed by atoms with Crippen LogP contribution in [0, 0.1) is 0 Å². The van der Waals surface area contributed by atoms with Crippen molar-refractivity contribution in [3.05, 3.63) is 24.2 Å². The number of aromatic nitrogens is 4. The fourth-order valence-corrected chi connectivity index (χ4v) is 6.61. The zero-order valence-corrected chi connectivity index (χ0v) is 23.3. The van der Waals surface area contributed by atoms with Crippen LogP contribution in [0.25, 0.3) is 11.3 Å². The molecule has 39 heavy (non-hydrogen) atoms. The van der Waals surface area contributed by atoms with Gasteiger partial charge in [-0.15, -0.1) is 0 Å². The van der Waals surface area contributed by atoms with Gasteiger partial charge in [0.1, 0.15) is 5.56 Å². The van der Waals surface area contributed by atoms with Gasteiger partial charge in [0, 0.05) is 37.1 Å². The summed E-state index contributed by atoms with van der Waals surface area (Å²) in [5.74, 6) is 0.157. The van der Waals surface area contributed by atoms with E-state index in [1.54, 1.807) is 13.8 Å². The number of alkyl halides is 3. The van der Waals surface area contributed by atoms with Crippen molar-refractivity contribution in [3.63, 3.8) is 0 Å². The quantitative estimate of drug-likeness (QED) is 0.445. The maximum Gasteiger partial charge on any atom is 0.419 e. The molecule has 2 aromatic heterocycles. The summed E-state index contributed by atoms with van der Waals surface area (Å²) in [6.07, 6.45) is 3.95. The Morgan fingerprint density at radius 1 is 1.08 bits per heavy atom. The van der Waals surface area contributed by atoms with E-state index in [0.717, 1.165) is 25.8 Å². The van der Waals surface area contributed by atoms with Crippen LogP contribution < -0.4 is 5.32 Å². The van der Waals surface area contributed by atoms with Crippen LogP contribution in [0.3, 0.4) is 0 Å². The number of hydrogen-bond acceptors (Lipinski definition) is 8. The molecular weight excluding hydrogens is 535 g/mol. The van der Waals surface area contributed by atoms with Crippen molar-refractivity contribution < 1.29 is 26.7 Å². The smallest absolute Gasteiger partial charge is 0.389 e. The Morgan fingerprint density at radius 2 is 1.77 bits per heavy atom. The summed E-state index contributed by atoms with van der Waals surface area (Å²) in [5, 5.41) is 17.2. The van der Waals surface area contributed by atoms with Crippen LogP contribution in [-0.4, -0.2) is 92.6 Å². The average molecular weight is 574 g/mol. The van der Waals surface area contributed by atoms with Gasteiger partial charge in [0.05, 0.1) is 29.8 Å². The van der Waals surface area contributed by atoms with Crippen molar-refractivity contribution in [2.24, 2.45) is 0 Å². The van der Waals surface area contributed by atoms with Crippen molar-refractivity contribution in [1.29, 1.82) is 0 Å². The molecule has 0 unspecified atom stereocenters. The second-order valence-corrected chi connectivity index (χ2v) is 13.2. The Morgan fingerprint density at radius 3 is 2.41 bits per heavy atom. The Bertz CT molecular complexity index is 1200. The number of aliphatic hydroxyl groups is 1. The summed E-state index contributed by atoms with van der Waals surface area (Å²) >= 11 is 0. The van der Waals surface area contributed by atoms with Gasteiger partial charge in [0.2, 0.25) is 16.0 Å². The molecule has 0 atom stereocenters. The molecule has 0 saturated carbocycles. The minimum atomic E-state index is -4.67. The molecule has 4 heterocycles. The van der Waals surface area contributed by atoms with E-state index in [9.17, 15) is 26.7 Å². The van der Waals surface area contributed by atoms with Gasteiger partial charge in [-0.2, -0.15) is 18.3 Å². The van der Waals surface area contributed by atoms with Gasteiger partial charge in [-0.05, 0) is 65.6 Å². The van der Waals surface area contributed by atoms with E-state index in [0.29, 0.717) is 32.4 Å². The predicted octanol–water partition coefficient (Wildman–Crippen LogP) is 3.21. The predicted molar refractivity (Wildman–Crippen MR) is 141 cm³/mol. The molecule has 2 aliphatic rings. The minimum Gasteiger partial charge on any atom is -0.389 e. The zero-order valence-electron chi connectivity index (χ0n) is 22.5. The van der Waals surface area contributed by atoms with Crippen LogP contribution in [0.4, 0.5) is 19.1 Å². The normalized spacial score (nSPS) is 18.9. The first-order valence-electron chi connectivity index (χ1n) is 13.5. The van der Waals surface area contributed by atoms with Gasteiger partial charge in [0.15, 0.2) is 0 Å². The topological polar surface area (TPSA) is 116 Å². The molecule has 0 radical (unpaired) electrons. The fourth-order valence-electron chi connectivity index (χ4n) is 5.09. The first-order valence-corrected chi connectivity index (χ1v) is 15.1. The lowest BCUT2D eigenvalue weighted by molar-refractivity contribution is -0.137. The van der Waals surface area contributed by atoms with Gasteiger partial charge < -0.3 is 15.3 Å². The van der Waals surface area contributed by atoms with E-state index in [2.05, 4.69) is 25.3 Å². The Labute approximate surface area is 227 Å². The fraction of sp³-hybridized carbons (Fsp3) is 0.720. The second kappa shape index (κ2) is 12.1. The molecule has 14 heteroatoms. The SMILES string of the molecule is CC(C)(O)Cn1cc(-c2nc(NC3CCN(S(=O)(=O)CCCN4CCCCC4)CC3)ncc2C(F)(F)F)cn1. The lowest BCUT2D eigenvalue weighted by atomic mass is 10.1. The third kappa shape index (κ3) is 8.35. The average Bonchev–Trinajstić information content (AvgIpc) is 3.31. The number of likely N-dealkylation sites (tertiary alicyclic amines) is 1. The molecule has 2 N–H and O–H groups in total. The van der Waals surface area contributed by atoms with Crippen LogP contribution in [0.15, 0.2) is 18.6 Å². The second-order valence-electron chi connectivity index (χ2n) is 11.1. The first kappa shape index (κ1) is 29.7. The summed E-state index contributed by atoms with van der Waals surface area (Å²) in [6, 6.07) is -0.174. The molecule has 0 bridgehead atoms. The Balaban J connectivity index is 1.37. The number of anilines is 1. The van der Waals surface area contributed by atoms with Gasteiger partial charge >= 0.3 is 6.18 Å². The number of nitrogens with zero attached hydrogens (tertiary/aromatic N) is 6. The van der Waals surface area contributed by atoms with Crippen LogP contribution in [-0.2, 0) is 22.7 Å².